The first-order valence-electron chi connectivity index (χ1n) is 7.11. The van der Waals surface area contributed by atoms with Crippen molar-refractivity contribution < 1.29 is 9.79 Å². The monoisotopic (exact) mass is 378 g/mol. The van der Waals surface area contributed by atoms with E-state index >= 15 is 0 Å². The Balaban J connectivity index is 2.32. The fourth-order valence-electron chi connectivity index (χ4n) is 2.57. The van der Waals surface area contributed by atoms with Crippen LogP contribution in [0.2, 0.25) is 0 Å². The first-order chi connectivity index (χ1) is 10.4. The molecule has 0 amide bonds. The molecule has 3 aromatic rings. The Bertz CT molecular complexity index is 725. The molecule has 2 N–H and O–H groups in total. The van der Waals surface area contributed by atoms with Gasteiger partial charge in [0.05, 0.1) is 0 Å². The van der Waals surface area contributed by atoms with Crippen molar-refractivity contribution in [2.24, 2.45) is 0 Å². The molecule has 0 bridgehead atoms. The van der Waals surface area contributed by atoms with Gasteiger partial charge in [-0.1, -0.05) is 0 Å². The van der Waals surface area contributed by atoms with Crippen molar-refractivity contribution in [2.75, 3.05) is 0 Å². The van der Waals surface area contributed by atoms with Gasteiger partial charge in [0.1, 0.15) is 0 Å². The summed E-state index contributed by atoms with van der Waals surface area (Å²) in [5.74, 6) is 0. The van der Waals surface area contributed by atoms with E-state index in [0.717, 1.165) is 15.3 Å². The van der Waals surface area contributed by atoms with Crippen LogP contribution in [-0.2, 0) is 0 Å². The Morgan fingerprint density at radius 1 is 0.727 bits per heavy atom. The number of benzene rings is 2. The SMILES string of the molecule is Cc1ccc(P(O)(O)(c2ccc(C)cc2)c2ccc[se]2)cc1. The zero-order valence-electron chi connectivity index (χ0n) is 12.6. The van der Waals surface area contributed by atoms with Gasteiger partial charge in [0, 0.05) is 0 Å². The van der Waals surface area contributed by atoms with Crippen molar-refractivity contribution in [3.63, 3.8) is 0 Å². The van der Waals surface area contributed by atoms with Crippen LogP contribution in [0, 0.1) is 13.8 Å². The van der Waals surface area contributed by atoms with E-state index in [4.69, 9.17) is 0 Å². The van der Waals surface area contributed by atoms with E-state index in [9.17, 15) is 9.79 Å². The topological polar surface area (TPSA) is 40.5 Å². The molecular weight excluding hydrogens is 358 g/mol. The van der Waals surface area contributed by atoms with E-state index in [2.05, 4.69) is 0 Å². The van der Waals surface area contributed by atoms with Crippen LogP contribution in [0.15, 0.2) is 65.6 Å². The third-order valence-corrected chi connectivity index (χ3v) is 11.6. The van der Waals surface area contributed by atoms with Gasteiger partial charge in [-0.05, 0) is 0 Å². The third kappa shape index (κ3) is 2.40. The Morgan fingerprint density at radius 2 is 1.18 bits per heavy atom. The zero-order valence-corrected chi connectivity index (χ0v) is 15.2. The van der Waals surface area contributed by atoms with Crippen LogP contribution < -0.4 is 14.8 Å². The quantitative estimate of drug-likeness (QED) is 0.542. The molecule has 0 aliphatic heterocycles. The van der Waals surface area contributed by atoms with Crippen LogP contribution in [0.25, 0.3) is 0 Å². The van der Waals surface area contributed by atoms with Gasteiger partial charge >= 0.3 is 137 Å². The number of aryl methyl sites for hydroxylation is 2. The molecule has 0 saturated carbocycles. The first-order valence-corrected chi connectivity index (χ1v) is 11.1. The summed E-state index contributed by atoms with van der Waals surface area (Å²) in [6.45, 7) is 4.00. The van der Waals surface area contributed by atoms with Crippen molar-refractivity contribution in [1.29, 1.82) is 0 Å². The molecule has 2 aromatic carbocycles. The summed E-state index contributed by atoms with van der Waals surface area (Å²) in [4.78, 5) is 25.4. The summed E-state index contributed by atoms with van der Waals surface area (Å²) in [7, 11) is -4.29. The first kappa shape index (κ1) is 15.7. The molecule has 0 aliphatic rings. The molecule has 0 radical (unpaired) electrons. The zero-order chi connectivity index (χ0) is 15.8. The number of hydrogen-bond donors (Lipinski definition) is 2. The van der Waals surface area contributed by atoms with Gasteiger partial charge < -0.3 is 0 Å². The summed E-state index contributed by atoms with van der Waals surface area (Å²) in [5, 5.41) is 1.22. The summed E-state index contributed by atoms with van der Waals surface area (Å²) in [6.07, 6.45) is 0. The number of hydrogen-bond acceptors (Lipinski definition) is 2. The van der Waals surface area contributed by atoms with Crippen molar-refractivity contribution in [2.45, 2.75) is 13.8 Å². The molecular formula is C18H19O2PSe. The van der Waals surface area contributed by atoms with E-state index in [1.165, 1.54) is 0 Å². The van der Waals surface area contributed by atoms with E-state index in [0.29, 0.717) is 10.6 Å². The predicted octanol–water partition coefficient (Wildman–Crippen LogP) is 2.00. The van der Waals surface area contributed by atoms with Crippen LogP contribution in [0.3, 0.4) is 0 Å². The Kier molecular flexibility index (Phi) is 3.89. The molecule has 0 aliphatic carbocycles. The van der Waals surface area contributed by atoms with Gasteiger partial charge in [-0.15, -0.1) is 0 Å². The van der Waals surface area contributed by atoms with Crippen LogP contribution in [-0.4, -0.2) is 24.3 Å². The summed E-state index contributed by atoms with van der Waals surface area (Å²) < 4.78 is 0.756. The molecule has 1 aromatic heterocycles. The predicted molar refractivity (Wildman–Crippen MR) is 96.0 cm³/mol. The molecule has 2 nitrogen and oxygen atoms in total. The van der Waals surface area contributed by atoms with Crippen LogP contribution >= 0.6 is 7.06 Å². The average Bonchev–Trinajstić information content (AvgIpc) is 3.04. The van der Waals surface area contributed by atoms with Crippen molar-refractivity contribution >= 4 is 36.3 Å². The minimum absolute atomic E-state index is 0.0307. The van der Waals surface area contributed by atoms with Gasteiger partial charge in [-0.2, -0.15) is 0 Å². The molecule has 0 saturated heterocycles. The fraction of sp³-hybridized carbons (Fsp3) is 0.111. The van der Waals surface area contributed by atoms with Crippen LogP contribution in [0.4, 0.5) is 0 Å². The Morgan fingerprint density at radius 3 is 1.55 bits per heavy atom. The number of rotatable bonds is 3. The molecule has 0 atom stereocenters. The average molecular weight is 377 g/mol. The van der Waals surface area contributed by atoms with Gasteiger partial charge in [0.25, 0.3) is 0 Å². The molecule has 0 unspecified atom stereocenters. The minimum atomic E-state index is -4.29. The van der Waals surface area contributed by atoms with E-state index in [1.807, 2.05) is 79.5 Å². The Labute approximate surface area is 136 Å². The van der Waals surface area contributed by atoms with Gasteiger partial charge in [-0.3, -0.25) is 0 Å². The second-order valence-corrected chi connectivity index (χ2v) is 11.9. The molecule has 0 spiro atoms. The van der Waals surface area contributed by atoms with E-state index < -0.39 is 7.06 Å². The van der Waals surface area contributed by atoms with Gasteiger partial charge in [0.2, 0.25) is 0 Å². The van der Waals surface area contributed by atoms with Crippen molar-refractivity contribution in [3.8, 4) is 0 Å². The summed E-state index contributed by atoms with van der Waals surface area (Å²) in [5.41, 5.74) is 2.21. The fourth-order valence-corrected chi connectivity index (χ4v) is 9.22. The molecule has 1 heterocycles. The van der Waals surface area contributed by atoms with Crippen LogP contribution in [0.1, 0.15) is 11.1 Å². The molecule has 22 heavy (non-hydrogen) atoms. The molecule has 4 heteroatoms. The Hall–Kier alpha value is -1.21. The second-order valence-electron chi connectivity index (χ2n) is 5.65. The molecule has 114 valence electrons. The molecule has 0 fully saturated rings. The summed E-state index contributed by atoms with van der Waals surface area (Å²) in [6, 6.07) is 18.9. The van der Waals surface area contributed by atoms with Gasteiger partial charge in [-0.25, -0.2) is 0 Å². The van der Waals surface area contributed by atoms with Crippen molar-refractivity contribution in [1.82, 2.24) is 0 Å². The van der Waals surface area contributed by atoms with E-state index in [1.54, 1.807) is 0 Å². The van der Waals surface area contributed by atoms with Crippen molar-refractivity contribution in [3.05, 3.63) is 76.7 Å². The molecule has 3 rings (SSSR count). The maximum absolute atomic E-state index is 11.7. The third-order valence-electron chi connectivity index (χ3n) is 3.97. The van der Waals surface area contributed by atoms with Gasteiger partial charge in [0.15, 0.2) is 0 Å². The maximum atomic E-state index is 11.7. The standard InChI is InChI=1S/C18H19O2PSe/c1-14-5-9-16(10-6-14)21(19,20,18-4-3-13-22-18)17-11-7-15(2)8-12-17/h3-13,19-20H,1-2H3. The summed E-state index contributed by atoms with van der Waals surface area (Å²) >= 11 is -0.0307. The second kappa shape index (κ2) is 5.45. The van der Waals surface area contributed by atoms with E-state index in [-0.39, 0.29) is 14.5 Å². The normalized spacial score (nSPS) is 13.5. The van der Waals surface area contributed by atoms with Crippen LogP contribution in [0.5, 0.6) is 0 Å².